The predicted molar refractivity (Wildman–Crippen MR) is 85.7 cm³/mol. The van der Waals surface area contributed by atoms with Crippen molar-refractivity contribution < 1.29 is 13.6 Å². The number of nitrogens with zero attached hydrogens (tertiary/aromatic N) is 3. The number of hydrogen-bond donors (Lipinski definition) is 0. The molecule has 124 valence electrons. The second-order valence-corrected chi connectivity index (χ2v) is 6.29. The van der Waals surface area contributed by atoms with Gasteiger partial charge in [0.05, 0.1) is 6.20 Å². The minimum Gasteiger partial charge on any atom is -0.305 e. The summed E-state index contributed by atoms with van der Waals surface area (Å²) in [7, 11) is 0. The molecule has 2 aliphatic rings. The molecule has 0 aliphatic carbocycles. The molecule has 6 heteroatoms. The number of anilines is 1. The highest BCUT2D eigenvalue weighted by Gasteiger charge is 2.34. The second kappa shape index (κ2) is 5.94. The van der Waals surface area contributed by atoms with Crippen LogP contribution < -0.4 is 4.90 Å². The first-order valence-corrected chi connectivity index (χ1v) is 8.08. The van der Waals surface area contributed by atoms with E-state index in [0.29, 0.717) is 12.6 Å². The molecular formula is C18H17F2N3O. The fraction of sp³-hybridized carbons (Fsp3) is 0.333. The Labute approximate surface area is 138 Å². The molecule has 0 N–H and O–H groups in total. The van der Waals surface area contributed by atoms with Crippen molar-refractivity contribution in [3.8, 4) is 0 Å². The fourth-order valence-electron chi connectivity index (χ4n) is 3.64. The van der Waals surface area contributed by atoms with E-state index in [0.717, 1.165) is 43.4 Å². The van der Waals surface area contributed by atoms with E-state index in [1.165, 1.54) is 0 Å². The van der Waals surface area contributed by atoms with E-state index in [1.54, 1.807) is 4.90 Å². The van der Waals surface area contributed by atoms with Gasteiger partial charge < -0.3 is 4.90 Å². The van der Waals surface area contributed by atoms with Gasteiger partial charge in [-0.1, -0.05) is 18.2 Å². The van der Waals surface area contributed by atoms with Crippen molar-refractivity contribution in [2.45, 2.75) is 25.4 Å². The van der Waals surface area contributed by atoms with Gasteiger partial charge in [-0.2, -0.15) is 0 Å². The number of carbonyl (C=O) groups is 1. The molecule has 1 atom stereocenters. The van der Waals surface area contributed by atoms with E-state index >= 15 is 0 Å². The van der Waals surface area contributed by atoms with Gasteiger partial charge in [0.15, 0.2) is 11.5 Å². The van der Waals surface area contributed by atoms with Crippen molar-refractivity contribution in [1.29, 1.82) is 0 Å². The molecule has 0 radical (unpaired) electrons. The van der Waals surface area contributed by atoms with Gasteiger partial charge in [0.2, 0.25) is 0 Å². The summed E-state index contributed by atoms with van der Waals surface area (Å²) in [4.78, 5) is 20.6. The van der Waals surface area contributed by atoms with E-state index in [1.807, 2.05) is 24.3 Å². The standard InChI is InChI=1S/C18H17F2N3O/c19-13-8-15(20)17(21-9-13)18(24)23-11-14-5-3-7-22(14)10-12-4-1-2-6-16(12)23/h1-2,4,6,8-9,14H,3,5,7,10-11H2/t14-/m1/s1. The van der Waals surface area contributed by atoms with E-state index in [-0.39, 0.29) is 11.7 Å². The molecule has 3 heterocycles. The van der Waals surface area contributed by atoms with Crippen molar-refractivity contribution in [3.63, 3.8) is 0 Å². The van der Waals surface area contributed by atoms with Gasteiger partial charge in [0.25, 0.3) is 5.91 Å². The van der Waals surface area contributed by atoms with Crippen LogP contribution in [0.1, 0.15) is 28.9 Å². The largest absolute Gasteiger partial charge is 0.305 e. The number of aromatic nitrogens is 1. The molecule has 1 aromatic heterocycles. The lowest BCUT2D eigenvalue weighted by atomic mass is 10.1. The Bertz CT molecular complexity index is 796. The van der Waals surface area contributed by atoms with Crippen LogP contribution in [0, 0.1) is 11.6 Å². The van der Waals surface area contributed by atoms with Crippen molar-refractivity contribution in [2.75, 3.05) is 18.0 Å². The Morgan fingerprint density at radius 3 is 2.92 bits per heavy atom. The Morgan fingerprint density at radius 2 is 2.08 bits per heavy atom. The highest BCUT2D eigenvalue weighted by molar-refractivity contribution is 6.05. The second-order valence-electron chi connectivity index (χ2n) is 6.29. The molecule has 1 saturated heterocycles. The zero-order valence-corrected chi connectivity index (χ0v) is 13.1. The first-order chi connectivity index (χ1) is 11.6. The minimum atomic E-state index is -0.926. The van der Waals surface area contributed by atoms with Crippen LogP contribution in [0.4, 0.5) is 14.5 Å². The number of amides is 1. The van der Waals surface area contributed by atoms with Crippen LogP contribution in [0.2, 0.25) is 0 Å². The monoisotopic (exact) mass is 329 g/mol. The van der Waals surface area contributed by atoms with Crippen molar-refractivity contribution in [1.82, 2.24) is 9.88 Å². The quantitative estimate of drug-likeness (QED) is 0.807. The van der Waals surface area contributed by atoms with Gasteiger partial charge in [0, 0.05) is 30.9 Å². The molecule has 1 fully saturated rings. The Hall–Kier alpha value is -2.34. The van der Waals surface area contributed by atoms with Crippen LogP contribution in [-0.2, 0) is 6.54 Å². The number of para-hydroxylation sites is 1. The topological polar surface area (TPSA) is 36.4 Å². The highest BCUT2D eigenvalue weighted by atomic mass is 19.1. The third kappa shape index (κ3) is 2.57. The summed E-state index contributed by atoms with van der Waals surface area (Å²) in [6, 6.07) is 8.62. The van der Waals surface area contributed by atoms with Gasteiger partial charge in [-0.05, 0) is 31.0 Å². The first-order valence-electron chi connectivity index (χ1n) is 8.08. The summed E-state index contributed by atoms with van der Waals surface area (Å²) in [5.41, 5.74) is 1.48. The zero-order chi connectivity index (χ0) is 16.7. The molecule has 0 spiro atoms. The van der Waals surface area contributed by atoms with Crippen molar-refractivity contribution >= 4 is 11.6 Å². The van der Waals surface area contributed by atoms with Crippen LogP contribution in [0.3, 0.4) is 0 Å². The number of benzene rings is 1. The van der Waals surface area contributed by atoms with Crippen LogP contribution in [-0.4, -0.2) is 34.9 Å². The van der Waals surface area contributed by atoms with Gasteiger partial charge in [-0.3, -0.25) is 9.69 Å². The number of fused-ring (bicyclic) bond motifs is 2. The van der Waals surface area contributed by atoms with Crippen molar-refractivity contribution in [2.24, 2.45) is 0 Å². The van der Waals surface area contributed by atoms with Crippen LogP contribution >= 0.6 is 0 Å². The number of rotatable bonds is 1. The lowest BCUT2D eigenvalue weighted by molar-refractivity contribution is 0.0971. The minimum absolute atomic E-state index is 0.254. The molecule has 24 heavy (non-hydrogen) atoms. The summed E-state index contributed by atoms with van der Waals surface area (Å²) < 4.78 is 27.1. The van der Waals surface area contributed by atoms with Gasteiger partial charge >= 0.3 is 0 Å². The number of hydrogen-bond acceptors (Lipinski definition) is 3. The summed E-state index contributed by atoms with van der Waals surface area (Å²) in [6.07, 6.45) is 2.98. The molecule has 0 bridgehead atoms. The van der Waals surface area contributed by atoms with Crippen LogP contribution in [0.15, 0.2) is 36.5 Å². The SMILES string of the molecule is O=C(c1ncc(F)cc1F)N1C[C@H]2CCCN2Cc2ccccc21. The molecule has 4 rings (SSSR count). The average Bonchev–Trinajstić information content (AvgIpc) is 2.93. The molecule has 1 amide bonds. The highest BCUT2D eigenvalue weighted by Crippen LogP contribution is 2.32. The van der Waals surface area contributed by atoms with Crippen LogP contribution in [0.25, 0.3) is 0 Å². The van der Waals surface area contributed by atoms with Gasteiger partial charge in [0.1, 0.15) is 5.82 Å². The Morgan fingerprint density at radius 1 is 1.25 bits per heavy atom. The van der Waals surface area contributed by atoms with Gasteiger partial charge in [-0.15, -0.1) is 0 Å². The molecule has 0 saturated carbocycles. The summed E-state index contributed by atoms with van der Waals surface area (Å²) in [5, 5.41) is 0. The number of pyridine rings is 1. The molecule has 4 nitrogen and oxygen atoms in total. The van der Waals surface area contributed by atoms with Gasteiger partial charge in [-0.25, -0.2) is 13.8 Å². The number of carbonyl (C=O) groups excluding carboxylic acids is 1. The third-order valence-electron chi connectivity index (χ3n) is 4.80. The summed E-state index contributed by atoms with van der Waals surface area (Å²) in [6.45, 7) is 2.28. The normalized spacial score (nSPS) is 20.4. The summed E-state index contributed by atoms with van der Waals surface area (Å²) >= 11 is 0. The van der Waals surface area contributed by atoms with E-state index in [4.69, 9.17) is 0 Å². The Balaban J connectivity index is 1.76. The molecule has 2 aromatic rings. The average molecular weight is 329 g/mol. The molecule has 2 aliphatic heterocycles. The predicted octanol–water partition coefficient (Wildman–Crippen LogP) is 2.98. The maximum absolute atomic E-state index is 14.0. The van der Waals surface area contributed by atoms with Crippen molar-refractivity contribution in [3.05, 3.63) is 59.4 Å². The smallest absolute Gasteiger partial charge is 0.279 e. The Kier molecular flexibility index (Phi) is 3.76. The maximum atomic E-state index is 14.0. The number of halogens is 2. The first kappa shape index (κ1) is 15.2. The fourth-order valence-corrected chi connectivity index (χ4v) is 3.64. The van der Waals surface area contributed by atoms with E-state index in [2.05, 4.69) is 9.88 Å². The van der Waals surface area contributed by atoms with E-state index in [9.17, 15) is 13.6 Å². The molecular weight excluding hydrogens is 312 g/mol. The van der Waals surface area contributed by atoms with E-state index < -0.39 is 17.5 Å². The summed E-state index contributed by atoms with van der Waals surface area (Å²) in [5.74, 6) is -2.24. The molecule has 0 unspecified atom stereocenters. The third-order valence-corrected chi connectivity index (χ3v) is 4.80. The zero-order valence-electron chi connectivity index (χ0n) is 13.1. The van der Waals surface area contributed by atoms with Crippen LogP contribution in [0.5, 0.6) is 0 Å². The lowest BCUT2D eigenvalue weighted by Gasteiger charge is -2.26. The molecule has 1 aromatic carbocycles. The maximum Gasteiger partial charge on any atom is 0.279 e. The lowest BCUT2D eigenvalue weighted by Crippen LogP contribution is -2.41.